The van der Waals surface area contributed by atoms with Gasteiger partial charge in [-0.3, -0.25) is 14.6 Å². The molecule has 2 rings (SSSR count). The Morgan fingerprint density at radius 2 is 2.10 bits per heavy atom. The monoisotopic (exact) mass is 295 g/mol. The summed E-state index contributed by atoms with van der Waals surface area (Å²) in [6, 6.07) is 4.82. The molecule has 0 spiro atoms. The fourth-order valence-electron chi connectivity index (χ4n) is 1.56. The fourth-order valence-corrected chi connectivity index (χ4v) is 2.19. The van der Waals surface area contributed by atoms with Gasteiger partial charge in [-0.1, -0.05) is 0 Å². The summed E-state index contributed by atoms with van der Waals surface area (Å²) in [7, 11) is -3.33. The zero-order valence-corrected chi connectivity index (χ0v) is 11.7. The number of hydrogen-bond acceptors (Lipinski definition) is 5. The molecule has 0 aliphatic rings. The average Bonchev–Trinajstić information content (AvgIpc) is 2.85. The molecule has 106 valence electrons. The molecular formula is C11H13N5O3S. The number of anilines is 2. The molecule has 0 radical (unpaired) electrons. The molecule has 0 aliphatic heterocycles. The third kappa shape index (κ3) is 3.54. The number of aryl methyl sites for hydroxylation is 1. The predicted octanol–water partition coefficient (Wildman–Crippen LogP) is 0.737. The molecule has 0 aliphatic carbocycles. The van der Waals surface area contributed by atoms with Gasteiger partial charge in [0.05, 0.1) is 11.9 Å². The maximum atomic E-state index is 11.7. The number of hydrogen-bond donors (Lipinski definition) is 3. The van der Waals surface area contributed by atoms with Crippen molar-refractivity contribution in [1.29, 1.82) is 0 Å². The molecule has 3 N–H and O–H groups in total. The number of carbonyl (C=O) groups excluding carboxylic acids is 1. The van der Waals surface area contributed by atoms with Gasteiger partial charge in [-0.25, -0.2) is 13.4 Å². The van der Waals surface area contributed by atoms with Crippen molar-refractivity contribution in [3.05, 3.63) is 35.9 Å². The van der Waals surface area contributed by atoms with Crippen molar-refractivity contribution in [1.82, 2.24) is 15.2 Å². The standard InChI is InChI=1S/C11H13N5O3S/c1-7-5-8(3-4-9(7)16-20(2,18)19)14-11(17)10-12-6-13-15-10/h3-6,16H,1-2H3,(H,14,17)(H,12,13,15). The normalized spacial score (nSPS) is 11.1. The van der Waals surface area contributed by atoms with Crippen LogP contribution in [0.1, 0.15) is 16.2 Å². The van der Waals surface area contributed by atoms with E-state index in [-0.39, 0.29) is 5.82 Å². The highest BCUT2D eigenvalue weighted by Crippen LogP contribution is 2.20. The summed E-state index contributed by atoms with van der Waals surface area (Å²) in [5.74, 6) is -0.327. The van der Waals surface area contributed by atoms with E-state index in [1.165, 1.54) is 6.33 Å². The number of rotatable bonds is 4. The summed E-state index contributed by atoms with van der Waals surface area (Å²) in [5.41, 5.74) is 1.68. The summed E-state index contributed by atoms with van der Waals surface area (Å²) in [5, 5.41) is 8.66. The Morgan fingerprint density at radius 1 is 1.35 bits per heavy atom. The number of aromatic nitrogens is 3. The summed E-state index contributed by atoms with van der Waals surface area (Å²) in [4.78, 5) is 15.5. The number of nitrogens with zero attached hydrogens (tertiary/aromatic N) is 2. The molecular weight excluding hydrogens is 282 g/mol. The van der Waals surface area contributed by atoms with E-state index in [9.17, 15) is 13.2 Å². The number of carbonyl (C=O) groups is 1. The lowest BCUT2D eigenvalue weighted by Gasteiger charge is -2.10. The second-order valence-corrected chi connectivity index (χ2v) is 5.94. The number of benzene rings is 1. The lowest BCUT2D eigenvalue weighted by molar-refractivity contribution is 0.101. The first kappa shape index (κ1) is 14.0. The quantitative estimate of drug-likeness (QED) is 0.769. The maximum Gasteiger partial charge on any atom is 0.292 e. The Balaban J connectivity index is 2.15. The van der Waals surface area contributed by atoms with E-state index in [0.29, 0.717) is 16.9 Å². The second-order valence-electron chi connectivity index (χ2n) is 4.19. The minimum absolute atomic E-state index is 0.0981. The lowest BCUT2D eigenvalue weighted by atomic mass is 10.2. The molecule has 8 nitrogen and oxygen atoms in total. The number of sulfonamides is 1. The largest absolute Gasteiger partial charge is 0.319 e. The van der Waals surface area contributed by atoms with Gasteiger partial charge < -0.3 is 5.32 Å². The number of aromatic amines is 1. The van der Waals surface area contributed by atoms with Gasteiger partial charge in [0, 0.05) is 5.69 Å². The van der Waals surface area contributed by atoms with Gasteiger partial charge in [-0.05, 0) is 30.7 Å². The van der Waals surface area contributed by atoms with Gasteiger partial charge in [-0.2, -0.15) is 5.10 Å². The summed E-state index contributed by atoms with van der Waals surface area (Å²) in [6.45, 7) is 1.73. The topological polar surface area (TPSA) is 117 Å². The van der Waals surface area contributed by atoms with Crippen molar-refractivity contribution in [3.8, 4) is 0 Å². The maximum absolute atomic E-state index is 11.7. The van der Waals surface area contributed by atoms with Crippen molar-refractivity contribution in [2.24, 2.45) is 0 Å². The summed E-state index contributed by atoms with van der Waals surface area (Å²) < 4.78 is 24.7. The van der Waals surface area contributed by atoms with Crippen molar-refractivity contribution in [2.45, 2.75) is 6.92 Å². The van der Waals surface area contributed by atoms with Crippen molar-refractivity contribution in [3.63, 3.8) is 0 Å². The van der Waals surface area contributed by atoms with Crippen LogP contribution in [0.4, 0.5) is 11.4 Å². The van der Waals surface area contributed by atoms with E-state index >= 15 is 0 Å². The van der Waals surface area contributed by atoms with Crippen LogP contribution in [0.2, 0.25) is 0 Å². The van der Waals surface area contributed by atoms with Crippen molar-refractivity contribution >= 4 is 27.3 Å². The summed E-state index contributed by atoms with van der Waals surface area (Å²) >= 11 is 0. The van der Waals surface area contributed by atoms with E-state index in [1.54, 1.807) is 25.1 Å². The van der Waals surface area contributed by atoms with E-state index < -0.39 is 15.9 Å². The molecule has 0 saturated carbocycles. The van der Waals surface area contributed by atoms with E-state index in [0.717, 1.165) is 6.26 Å². The smallest absolute Gasteiger partial charge is 0.292 e. The summed E-state index contributed by atoms with van der Waals surface area (Å²) in [6.07, 6.45) is 2.31. The second kappa shape index (κ2) is 5.29. The molecule has 0 bridgehead atoms. The van der Waals surface area contributed by atoms with Crippen LogP contribution in [0.3, 0.4) is 0 Å². The van der Waals surface area contributed by atoms with Crippen LogP contribution >= 0.6 is 0 Å². The fraction of sp³-hybridized carbons (Fsp3) is 0.182. The third-order valence-corrected chi connectivity index (χ3v) is 3.00. The first-order valence-electron chi connectivity index (χ1n) is 5.60. The highest BCUT2D eigenvalue weighted by molar-refractivity contribution is 7.92. The van der Waals surface area contributed by atoms with Gasteiger partial charge in [0.25, 0.3) is 5.91 Å². The van der Waals surface area contributed by atoms with Crippen molar-refractivity contribution < 1.29 is 13.2 Å². The Morgan fingerprint density at radius 3 is 2.65 bits per heavy atom. The zero-order valence-electron chi connectivity index (χ0n) is 10.8. The predicted molar refractivity (Wildman–Crippen MR) is 74.0 cm³/mol. The van der Waals surface area contributed by atoms with Gasteiger partial charge in [0.1, 0.15) is 6.33 Å². The minimum atomic E-state index is -3.33. The van der Waals surface area contributed by atoms with E-state index in [2.05, 4.69) is 25.2 Å². The van der Waals surface area contributed by atoms with Crippen LogP contribution < -0.4 is 10.0 Å². The molecule has 1 aromatic heterocycles. The van der Waals surface area contributed by atoms with Crippen LogP contribution in [0.15, 0.2) is 24.5 Å². The Labute approximate surface area is 115 Å². The molecule has 0 fully saturated rings. The lowest BCUT2D eigenvalue weighted by Crippen LogP contribution is -2.14. The van der Waals surface area contributed by atoms with Gasteiger partial charge in [0.2, 0.25) is 15.8 Å². The highest BCUT2D eigenvalue weighted by atomic mass is 32.2. The molecule has 1 amide bonds. The average molecular weight is 295 g/mol. The van der Waals surface area contributed by atoms with E-state index in [4.69, 9.17) is 0 Å². The van der Waals surface area contributed by atoms with Crippen molar-refractivity contribution in [2.75, 3.05) is 16.3 Å². The number of amides is 1. The van der Waals surface area contributed by atoms with E-state index in [1.807, 2.05) is 0 Å². The minimum Gasteiger partial charge on any atom is -0.319 e. The SMILES string of the molecule is Cc1cc(NC(=O)c2ncn[nH]2)ccc1NS(C)(=O)=O. The van der Waals surface area contributed by atoms with Crippen LogP contribution in [0.5, 0.6) is 0 Å². The Kier molecular flexibility index (Phi) is 3.70. The highest BCUT2D eigenvalue weighted by Gasteiger charge is 2.10. The molecule has 0 unspecified atom stereocenters. The van der Waals surface area contributed by atoms with Crippen LogP contribution in [0, 0.1) is 6.92 Å². The van der Waals surface area contributed by atoms with Crippen LogP contribution in [0.25, 0.3) is 0 Å². The molecule has 0 atom stereocenters. The molecule has 20 heavy (non-hydrogen) atoms. The number of H-pyrrole nitrogens is 1. The molecule has 1 heterocycles. The van der Waals surface area contributed by atoms with Gasteiger partial charge >= 0.3 is 0 Å². The van der Waals surface area contributed by atoms with Gasteiger partial charge in [0.15, 0.2) is 0 Å². The third-order valence-electron chi connectivity index (χ3n) is 2.41. The first-order chi connectivity index (χ1) is 9.35. The molecule has 9 heteroatoms. The van der Waals surface area contributed by atoms with Gasteiger partial charge in [-0.15, -0.1) is 0 Å². The molecule has 0 saturated heterocycles. The first-order valence-corrected chi connectivity index (χ1v) is 7.49. The number of nitrogens with one attached hydrogen (secondary N) is 3. The van der Waals surface area contributed by atoms with Crippen LogP contribution in [-0.4, -0.2) is 35.8 Å². The van der Waals surface area contributed by atoms with Crippen LogP contribution in [-0.2, 0) is 10.0 Å². The molecule has 1 aromatic carbocycles. The Bertz CT molecular complexity index is 725. The Hall–Kier alpha value is -2.42. The molecule has 2 aromatic rings. The zero-order chi connectivity index (χ0) is 14.8.